The molecule has 13 N–H and O–H groups in total. The van der Waals surface area contributed by atoms with E-state index in [1.807, 2.05) is 13.8 Å². The smallest absolute Gasteiger partial charge is 0.335 e. The molecule has 0 amide bonds. The summed E-state index contributed by atoms with van der Waals surface area (Å²) >= 11 is 0. The summed E-state index contributed by atoms with van der Waals surface area (Å²) in [7, 11) is 0. The molecule has 0 spiro atoms. The van der Waals surface area contributed by atoms with Crippen LogP contribution in [0, 0.1) is 50.2 Å². The number of aliphatic hydroxyl groups is 12. The summed E-state index contributed by atoms with van der Waals surface area (Å²) in [6.45, 7) is 12.8. The Labute approximate surface area is 396 Å². The molecule has 0 radical (unpaired) electrons. The summed E-state index contributed by atoms with van der Waals surface area (Å²) in [5, 5.41) is 142. The summed E-state index contributed by atoms with van der Waals surface area (Å²) in [6, 6.07) is 0. The molecule has 20 heteroatoms. The van der Waals surface area contributed by atoms with E-state index in [0.717, 1.165) is 19.3 Å². The second-order valence-electron chi connectivity index (χ2n) is 23.4. The van der Waals surface area contributed by atoms with Crippen LogP contribution in [0.15, 0.2) is 11.6 Å². The summed E-state index contributed by atoms with van der Waals surface area (Å²) in [6.07, 6.45) is -22.0. The van der Waals surface area contributed by atoms with Crippen molar-refractivity contribution in [2.75, 3.05) is 19.8 Å². The number of aliphatic carboxylic acids is 1. The fourth-order valence-electron chi connectivity index (χ4n) is 15.2. The Bertz CT molecular complexity index is 1880. The quantitative estimate of drug-likeness (QED) is 0.0889. The van der Waals surface area contributed by atoms with Gasteiger partial charge in [-0.3, -0.25) is 0 Å². The number of carbonyl (C=O) groups is 1. The fraction of sp³-hybridized carbons (Fsp3) is 0.938. The van der Waals surface area contributed by atoms with Crippen LogP contribution in [0.3, 0.4) is 0 Å². The molecule has 3 aliphatic heterocycles. The Morgan fingerprint density at radius 3 is 1.90 bits per heavy atom. The molecule has 8 rings (SSSR count). The highest BCUT2D eigenvalue weighted by atomic mass is 16.8. The minimum atomic E-state index is -2.09. The third-order valence-electron chi connectivity index (χ3n) is 20.0. The molecule has 3 saturated heterocycles. The van der Waals surface area contributed by atoms with Gasteiger partial charge < -0.3 is 94.8 Å². The molecule has 8 aliphatic rings. The first-order valence-electron chi connectivity index (χ1n) is 24.5. The van der Waals surface area contributed by atoms with Crippen molar-refractivity contribution in [3.63, 3.8) is 0 Å². The molecule has 3 heterocycles. The number of allylic oxidation sites excluding steroid dienone is 2. The van der Waals surface area contributed by atoms with Crippen molar-refractivity contribution in [3.8, 4) is 0 Å². The van der Waals surface area contributed by atoms with Crippen molar-refractivity contribution in [2.24, 2.45) is 50.2 Å². The van der Waals surface area contributed by atoms with Crippen LogP contribution in [-0.4, -0.2) is 203 Å². The van der Waals surface area contributed by atoms with Crippen LogP contribution >= 0.6 is 0 Å². The molecular formula is C48H78O20. The number of fused-ring (bicyclic) bond motifs is 7. The Morgan fingerprint density at radius 2 is 1.28 bits per heavy atom. The molecule has 5 aliphatic carbocycles. The summed E-state index contributed by atoms with van der Waals surface area (Å²) in [5.74, 6) is -1.69. The first kappa shape index (κ1) is 52.8. The lowest BCUT2D eigenvalue weighted by Gasteiger charge is -2.72. The van der Waals surface area contributed by atoms with E-state index >= 15 is 0 Å². The van der Waals surface area contributed by atoms with Crippen molar-refractivity contribution >= 4 is 5.97 Å². The van der Waals surface area contributed by atoms with Gasteiger partial charge in [-0.05, 0) is 92.3 Å². The summed E-state index contributed by atoms with van der Waals surface area (Å²) in [5.41, 5.74) is -2.01. The molecule has 0 bridgehead atoms. The first-order chi connectivity index (χ1) is 31.7. The van der Waals surface area contributed by atoms with E-state index in [-0.39, 0.29) is 47.2 Å². The largest absolute Gasteiger partial charge is 0.479 e. The van der Waals surface area contributed by atoms with E-state index in [4.69, 9.17) is 28.4 Å². The van der Waals surface area contributed by atoms with Crippen LogP contribution < -0.4 is 0 Å². The highest BCUT2D eigenvalue weighted by Crippen LogP contribution is 2.76. The van der Waals surface area contributed by atoms with E-state index in [1.165, 1.54) is 12.5 Å². The average molecular weight is 975 g/mol. The molecule has 0 aromatic heterocycles. The van der Waals surface area contributed by atoms with Gasteiger partial charge in [0.15, 0.2) is 25.0 Å². The van der Waals surface area contributed by atoms with Crippen molar-refractivity contribution in [1.82, 2.24) is 0 Å². The number of carboxylic acids is 1. The van der Waals surface area contributed by atoms with Gasteiger partial charge in [-0.2, -0.15) is 0 Å². The zero-order valence-electron chi connectivity index (χ0n) is 40.2. The predicted octanol–water partition coefficient (Wildman–Crippen LogP) is -1.35. The fourth-order valence-corrected chi connectivity index (χ4v) is 15.2. The molecule has 0 unspecified atom stereocenters. The first-order valence-corrected chi connectivity index (χ1v) is 24.5. The van der Waals surface area contributed by atoms with Gasteiger partial charge in [0.05, 0.1) is 44.2 Å². The molecule has 0 aromatic carbocycles. The van der Waals surface area contributed by atoms with Gasteiger partial charge in [0.25, 0.3) is 0 Å². The minimum Gasteiger partial charge on any atom is -0.479 e. The molecule has 27 atom stereocenters. The third kappa shape index (κ3) is 7.81. The summed E-state index contributed by atoms with van der Waals surface area (Å²) in [4.78, 5) is 12.5. The van der Waals surface area contributed by atoms with Crippen LogP contribution in [0.1, 0.15) is 99.8 Å². The van der Waals surface area contributed by atoms with Gasteiger partial charge in [0, 0.05) is 16.2 Å². The molecule has 4 saturated carbocycles. The van der Waals surface area contributed by atoms with Gasteiger partial charge in [0.1, 0.15) is 61.0 Å². The number of hydrogen-bond acceptors (Lipinski definition) is 19. The van der Waals surface area contributed by atoms with Crippen LogP contribution in [0.25, 0.3) is 0 Å². The summed E-state index contributed by atoms with van der Waals surface area (Å²) < 4.78 is 36.1. The topological polar surface area (TPSA) is 335 Å². The van der Waals surface area contributed by atoms with Crippen molar-refractivity contribution in [2.45, 2.75) is 210 Å². The zero-order chi connectivity index (χ0) is 50.0. The third-order valence-corrected chi connectivity index (χ3v) is 20.0. The molecule has 7 fully saturated rings. The Kier molecular flexibility index (Phi) is 14.3. The maximum absolute atomic E-state index is 12.5. The standard InChI is InChI=1S/C48H78O20/c1-20-27(52)29(54)33(58)40(63-20)67-35-30(55)28(53)23(17-49)64-41(35)68-36-32(57)31(56)34(39(61)62)66-42(36)65-26-11-12-45(4)24(46(26,5)19-51)10-13-48(7)25(45)9-8-21-22-16-43(2,18-50)37(59)38(60)44(22,3)14-15-47(21,48)6/h8,20,22-38,40-42,49-60H,9-19H2,1-7H3,(H,61,62)/t20-,22-,23+,24+,25+,26-,27-,28+,29+,30-,31-,32-,33+,34-,35+,36+,37-,38-,40-,41-,42+,43+,44+,45-,46+,47+,48+/m0/s1. The van der Waals surface area contributed by atoms with E-state index in [2.05, 4.69) is 33.8 Å². The second-order valence-corrected chi connectivity index (χ2v) is 23.4. The average Bonchev–Trinajstić information content (AvgIpc) is 3.30. The van der Waals surface area contributed by atoms with E-state index in [9.17, 15) is 71.2 Å². The number of hydrogen-bond donors (Lipinski definition) is 13. The van der Waals surface area contributed by atoms with E-state index in [0.29, 0.717) is 32.1 Å². The Balaban J connectivity index is 1.08. The van der Waals surface area contributed by atoms with Crippen LogP contribution in [0.5, 0.6) is 0 Å². The predicted molar refractivity (Wildman–Crippen MR) is 233 cm³/mol. The molecule has 68 heavy (non-hydrogen) atoms. The molecular weight excluding hydrogens is 897 g/mol. The minimum absolute atomic E-state index is 0.0531. The monoisotopic (exact) mass is 975 g/mol. The van der Waals surface area contributed by atoms with Crippen molar-refractivity contribution < 1.29 is 99.6 Å². The van der Waals surface area contributed by atoms with Gasteiger partial charge in [-0.1, -0.05) is 53.2 Å². The van der Waals surface area contributed by atoms with E-state index < -0.39 is 139 Å². The van der Waals surface area contributed by atoms with Crippen LogP contribution in [-0.2, 0) is 33.2 Å². The van der Waals surface area contributed by atoms with E-state index in [1.54, 1.807) is 0 Å². The highest BCUT2D eigenvalue weighted by molar-refractivity contribution is 5.73. The number of carboxylic acid groups (broad SMARTS) is 1. The Morgan fingerprint density at radius 1 is 0.647 bits per heavy atom. The van der Waals surface area contributed by atoms with Crippen molar-refractivity contribution in [1.29, 1.82) is 0 Å². The van der Waals surface area contributed by atoms with Gasteiger partial charge >= 0.3 is 5.97 Å². The molecule has 20 nitrogen and oxygen atoms in total. The molecule has 0 aromatic rings. The van der Waals surface area contributed by atoms with Gasteiger partial charge in [-0.15, -0.1) is 0 Å². The second kappa shape index (κ2) is 18.5. The highest BCUT2D eigenvalue weighted by Gasteiger charge is 2.71. The number of rotatable bonds is 10. The lowest BCUT2D eigenvalue weighted by atomic mass is 9.33. The van der Waals surface area contributed by atoms with Crippen LogP contribution in [0.2, 0.25) is 0 Å². The SMILES string of the molecule is C[C@@H]1O[C@@H](O[C@H]2[C@H](O[C@H]3[C@H](O[C@H]4CC[C@@]5(C)[C@@H](CC[C@]6(C)[C@@H]5CC=C5[C@@H]7C[C@](C)(CO)[C@@H](O)[C@H](O)[C@]7(C)CC[C@]56C)[C@@]4(C)CO)O[C@H](C(=O)O)[C@@H](O)[C@@H]3O)O[C@H](CO)[C@@H](O)[C@@H]2O)[C@H](O)[C@H](O)[C@H]1O. The Hall–Kier alpha value is -1.51. The zero-order valence-corrected chi connectivity index (χ0v) is 40.2. The van der Waals surface area contributed by atoms with Crippen LogP contribution in [0.4, 0.5) is 0 Å². The van der Waals surface area contributed by atoms with Crippen molar-refractivity contribution in [3.05, 3.63) is 11.6 Å². The molecule has 390 valence electrons. The number of ether oxygens (including phenoxy) is 6. The lowest BCUT2D eigenvalue weighted by molar-refractivity contribution is -0.396. The maximum Gasteiger partial charge on any atom is 0.335 e. The maximum atomic E-state index is 12.5. The van der Waals surface area contributed by atoms with Gasteiger partial charge in [-0.25, -0.2) is 4.79 Å². The number of aliphatic hydroxyl groups excluding tert-OH is 12. The normalized spacial score (nSPS) is 57.2. The van der Waals surface area contributed by atoms with Gasteiger partial charge in [0.2, 0.25) is 0 Å². The lowest BCUT2D eigenvalue weighted by Crippen LogP contribution is -2.69.